The first-order valence-corrected chi connectivity index (χ1v) is 9.79. The molecule has 2 heterocycles. The molecular weight excluding hydrogens is 336 g/mol. The molecule has 2 bridgehead atoms. The molecule has 130 valence electrons. The van der Waals surface area contributed by atoms with Gasteiger partial charge in [0, 0.05) is 0 Å². The molecule has 5 nitrogen and oxygen atoms in total. The van der Waals surface area contributed by atoms with E-state index in [9.17, 15) is 14.4 Å². The first kappa shape index (κ1) is 15.3. The second kappa shape index (κ2) is 5.04. The Hall–Kier alpha value is -1.95. The van der Waals surface area contributed by atoms with Crippen LogP contribution in [0.4, 0.5) is 0 Å². The summed E-state index contributed by atoms with van der Waals surface area (Å²) in [6.45, 7) is 4.24. The van der Waals surface area contributed by atoms with E-state index in [0.29, 0.717) is 11.8 Å². The first-order chi connectivity index (χ1) is 12.0. The van der Waals surface area contributed by atoms with Crippen LogP contribution in [-0.4, -0.2) is 22.7 Å². The van der Waals surface area contributed by atoms with Gasteiger partial charge in [-0.1, -0.05) is 11.1 Å². The molecule has 25 heavy (non-hydrogen) atoms. The van der Waals surface area contributed by atoms with Gasteiger partial charge in [-0.3, -0.25) is 19.8 Å². The first-order valence-electron chi connectivity index (χ1n) is 8.84. The van der Waals surface area contributed by atoms with Crippen molar-refractivity contribution in [3.8, 4) is 0 Å². The van der Waals surface area contributed by atoms with E-state index in [-0.39, 0.29) is 47.8 Å². The normalized spacial score (nSPS) is 38.1. The van der Waals surface area contributed by atoms with Gasteiger partial charge in [0.25, 0.3) is 11.8 Å². The highest BCUT2D eigenvalue weighted by atomic mass is 32.1. The number of rotatable bonds is 3. The average Bonchev–Trinajstić information content (AvgIpc) is 3.16. The van der Waals surface area contributed by atoms with Crippen molar-refractivity contribution >= 4 is 29.1 Å². The Morgan fingerprint density at radius 1 is 1.12 bits per heavy atom. The molecule has 0 aromatic carbocycles. The van der Waals surface area contributed by atoms with Crippen LogP contribution in [0.5, 0.6) is 0 Å². The van der Waals surface area contributed by atoms with Crippen LogP contribution in [0.1, 0.15) is 25.8 Å². The Labute approximate surface area is 150 Å². The molecule has 1 aliphatic heterocycles. The maximum atomic E-state index is 13.0. The monoisotopic (exact) mass is 356 g/mol. The zero-order valence-electron chi connectivity index (χ0n) is 14.2. The lowest BCUT2D eigenvalue weighted by molar-refractivity contribution is -0.149. The Bertz CT molecular complexity index is 786. The lowest BCUT2D eigenvalue weighted by Gasteiger charge is -2.44. The van der Waals surface area contributed by atoms with Crippen molar-refractivity contribution in [3.63, 3.8) is 0 Å². The Kier molecular flexibility index (Phi) is 3.08. The number of hydrogen-bond acceptors (Lipinski definition) is 4. The summed E-state index contributed by atoms with van der Waals surface area (Å²) in [5, 5.41) is 4.84. The lowest BCUT2D eigenvalue weighted by Crippen LogP contribution is -2.47. The van der Waals surface area contributed by atoms with Gasteiger partial charge in [0.1, 0.15) is 0 Å². The molecule has 0 spiro atoms. The highest BCUT2D eigenvalue weighted by Gasteiger charge is 2.69. The maximum absolute atomic E-state index is 13.0. The minimum absolute atomic E-state index is 0.185. The van der Waals surface area contributed by atoms with E-state index in [4.69, 9.17) is 0 Å². The van der Waals surface area contributed by atoms with E-state index >= 15 is 0 Å². The third-order valence-corrected chi connectivity index (χ3v) is 7.52. The number of amides is 3. The summed E-state index contributed by atoms with van der Waals surface area (Å²) < 4.78 is 0. The van der Waals surface area contributed by atoms with E-state index in [1.54, 1.807) is 0 Å². The number of hydrazine groups is 1. The summed E-state index contributed by atoms with van der Waals surface area (Å²) >= 11 is 1.52. The molecule has 3 amide bonds. The third-order valence-electron chi connectivity index (χ3n) is 6.79. The number of nitrogens with zero attached hydrogens (tertiary/aromatic N) is 1. The smallest absolute Gasteiger partial charge is 0.252 e. The SMILES string of the molecule is CC1=C(C)C2C3CC3C1C1C(=O)N(NC(=O)Cc3ccsc3)C(=O)C21. The molecular formula is C19H20N2O3S. The molecule has 0 radical (unpaired) electrons. The van der Waals surface area contributed by atoms with Crippen molar-refractivity contribution in [2.24, 2.45) is 35.5 Å². The number of carbonyl (C=O) groups excluding carboxylic acids is 3. The van der Waals surface area contributed by atoms with Gasteiger partial charge in [-0.2, -0.15) is 16.3 Å². The lowest BCUT2D eigenvalue weighted by atomic mass is 9.57. The Morgan fingerprint density at radius 2 is 1.72 bits per heavy atom. The standard InChI is InChI=1S/C19H20N2O3S/c1-8-9(2)15-12-6-11(12)14(8)16-17(15)19(24)21(18(16)23)20-13(22)5-10-3-4-25-7-10/h3-4,7,11-12,14-17H,5-6H2,1-2H3,(H,20,22). The van der Waals surface area contributed by atoms with Crippen molar-refractivity contribution in [2.45, 2.75) is 26.7 Å². The summed E-state index contributed by atoms with van der Waals surface area (Å²) in [5.41, 5.74) is 6.09. The van der Waals surface area contributed by atoms with Gasteiger partial charge in [-0.15, -0.1) is 0 Å². The van der Waals surface area contributed by atoms with Crippen LogP contribution in [0.2, 0.25) is 0 Å². The van der Waals surface area contributed by atoms with Gasteiger partial charge in [0.2, 0.25) is 5.91 Å². The molecule has 3 fully saturated rings. The van der Waals surface area contributed by atoms with Crippen molar-refractivity contribution in [2.75, 3.05) is 0 Å². The van der Waals surface area contributed by atoms with Crippen LogP contribution >= 0.6 is 11.3 Å². The van der Waals surface area contributed by atoms with Gasteiger partial charge in [0.05, 0.1) is 18.3 Å². The Balaban J connectivity index is 1.40. The van der Waals surface area contributed by atoms with Crippen molar-refractivity contribution in [3.05, 3.63) is 33.5 Å². The number of hydrogen-bond donors (Lipinski definition) is 1. The zero-order chi connectivity index (χ0) is 17.5. The number of thiophene rings is 1. The van der Waals surface area contributed by atoms with Gasteiger partial charge in [0.15, 0.2) is 0 Å². The summed E-state index contributed by atoms with van der Waals surface area (Å²) in [6, 6.07) is 1.88. The van der Waals surface area contributed by atoms with E-state index in [1.807, 2.05) is 16.8 Å². The van der Waals surface area contributed by atoms with Crippen LogP contribution in [0, 0.1) is 35.5 Å². The molecule has 4 aliphatic carbocycles. The predicted molar refractivity (Wildman–Crippen MR) is 91.9 cm³/mol. The number of imide groups is 1. The fraction of sp³-hybridized carbons (Fsp3) is 0.526. The third kappa shape index (κ3) is 1.97. The molecule has 2 saturated carbocycles. The number of allylic oxidation sites excluding steroid dienone is 2. The van der Waals surface area contributed by atoms with Crippen LogP contribution in [0.15, 0.2) is 28.0 Å². The number of carbonyl (C=O) groups is 3. The van der Waals surface area contributed by atoms with E-state index in [1.165, 1.54) is 22.5 Å². The average molecular weight is 356 g/mol. The Morgan fingerprint density at radius 3 is 2.24 bits per heavy atom. The molecule has 5 aliphatic rings. The van der Waals surface area contributed by atoms with Crippen LogP contribution in [-0.2, 0) is 20.8 Å². The van der Waals surface area contributed by atoms with Gasteiger partial charge in [-0.05, 0) is 66.3 Å². The molecule has 6 heteroatoms. The van der Waals surface area contributed by atoms with E-state index < -0.39 is 0 Å². The summed E-state index contributed by atoms with van der Waals surface area (Å²) in [4.78, 5) is 38.2. The van der Waals surface area contributed by atoms with Crippen LogP contribution in [0.25, 0.3) is 0 Å². The van der Waals surface area contributed by atoms with Crippen molar-refractivity contribution < 1.29 is 14.4 Å². The summed E-state index contributed by atoms with van der Waals surface area (Å²) in [7, 11) is 0. The topological polar surface area (TPSA) is 66.5 Å². The fourth-order valence-electron chi connectivity index (χ4n) is 5.62. The second-order valence-electron chi connectivity index (χ2n) is 7.89. The van der Waals surface area contributed by atoms with Gasteiger partial charge >= 0.3 is 0 Å². The molecule has 6 atom stereocenters. The van der Waals surface area contributed by atoms with Crippen molar-refractivity contribution in [1.29, 1.82) is 0 Å². The van der Waals surface area contributed by atoms with E-state index in [2.05, 4.69) is 19.3 Å². The van der Waals surface area contributed by atoms with Crippen molar-refractivity contribution in [1.82, 2.24) is 10.4 Å². The number of nitrogens with one attached hydrogen (secondary N) is 1. The molecule has 1 N–H and O–H groups in total. The fourth-order valence-corrected chi connectivity index (χ4v) is 6.29. The molecule has 1 saturated heterocycles. The molecule has 6 rings (SSSR count). The second-order valence-corrected chi connectivity index (χ2v) is 8.67. The summed E-state index contributed by atoms with van der Waals surface area (Å²) in [5.74, 6) is 0.240. The molecule has 6 unspecified atom stereocenters. The highest BCUT2D eigenvalue weighted by Crippen LogP contribution is 2.69. The predicted octanol–water partition coefficient (Wildman–Crippen LogP) is 2.16. The zero-order valence-corrected chi connectivity index (χ0v) is 15.0. The molecule has 1 aromatic heterocycles. The van der Waals surface area contributed by atoms with Gasteiger partial charge < -0.3 is 0 Å². The van der Waals surface area contributed by atoms with Crippen LogP contribution < -0.4 is 5.43 Å². The molecule has 1 aromatic rings. The summed E-state index contributed by atoms with van der Waals surface area (Å²) in [6.07, 6.45) is 1.33. The van der Waals surface area contributed by atoms with Gasteiger partial charge in [-0.25, -0.2) is 0 Å². The minimum Gasteiger partial charge on any atom is -0.273 e. The highest BCUT2D eigenvalue weighted by molar-refractivity contribution is 7.08. The minimum atomic E-state index is -0.308. The quantitative estimate of drug-likeness (QED) is 0.667. The largest absolute Gasteiger partial charge is 0.273 e. The van der Waals surface area contributed by atoms with E-state index in [0.717, 1.165) is 17.0 Å². The van der Waals surface area contributed by atoms with Crippen LogP contribution in [0.3, 0.4) is 0 Å². The maximum Gasteiger partial charge on any atom is 0.252 e.